The molecule has 0 unspecified atom stereocenters. The van der Waals surface area contributed by atoms with Crippen molar-refractivity contribution in [2.75, 3.05) is 42.6 Å². The summed E-state index contributed by atoms with van der Waals surface area (Å²) >= 11 is 0. The summed E-state index contributed by atoms with van der Waals surface area (Å²) in [5.74, 6) is -0.368. The highest BCUT2D eigenvalue weighted by molar-refractivity contribution is 5.91. The van der Waals surface area contributed by atoms with Crippen LogP contribution in [-0.2, 0) is 14.3 Å². The van der Waals surface area contributed by atoms with Crippen molar-refractivity contribution in [2.45, 2.75) is 6.92 Å². The van der Waals surface area contributed by atoms with E-state index in [9.17, 15) is 14.0 Å². The standard InChI is InChI=1S/C16H18FN3O4/c1-11(21)18-9-13-10-20(16(22)24-13)12-2-3-15(14(17)8-12)19-4-6-23-7-5-19/h2-3,8-9H,4-7,10H2,1H3,(H,18,21)/b13-9-. The highest BCUT2D eigenvalue weighted by Crippen LogP contribution is 2.29. The Kier molecular flexibility index (Phi) is 4.66. The molecule has 2 aliphatic rings. The van der Waals surface area contributed by atoms with E-state index in [0.717, 1.165) is 0 Å². The van der Waals surface area contributed by atoms with Gasteiger partial charge in [0.2, 0.25) is 5.91 Å². The fraction of sp³-hybridized carbons (Fsp3) is 0.375. The fourth-order valence-corrected chi connectivity index (χ4v) is 2.60. The van der Waals surface area contributed by atoms with E-state index in [1.807, 2.05) is 4.90 Å². The minimum Gasteiger partial charge on any atom is -0.411 e. The smallest absolute Gasteiger partial charge is 0.411 e. The van der Waals surface area contributed by atoms with Crippen molar-refractivity contribution in [2.24, 2.45) is 0 Å². The number of cyclic esters (lactones) is 1. The van der Waals surface area contributed by atoms with Crippen molar-refractivity contribution in [1.29, 1.82) is 0 Å². The van der Waals surface area contributed by atoms with Gasteiger partial charge in [0.1, 0.15) is 11.6 Å². The van der Waals surface area contributed by atoms with Gasteiger partial charge in [-0.25, -0.2) is 9.18 Å². The molecule has 0 saturated carbocycles. The van der Waals surface area contributed by atoms with Gasteiger partial charge in [0.25, 0.3) is 0 Å². The first kappa shape index (κ1) is 16.3. The zero-order valence-electron chi connectivity index (χ0n) is 13.3. The average Bonchev–Trinajstić information content (AvgIpc) is 2.94. The molecule has 0 aliphatic carbocycles. The van der Waals surface area contributed by atoms with E-state index in [0.29, 0.717) is 43.4 Å². The molecule has 8 heteroatoms. The highest BCUT2D eigenvalue weighted by atomic mass is 19.1. The van der Waals surface area contributed by atoms with Crippen LogP contribution in [0.4, 0.5) is 20.6 Å². The molecule has 2 heterocycles. The van der Waals surface area contributed by atoms with Crippen molar-refractivity contribution in [3.8, 4) is 0 Å². The topological polar surface area (TPSA) is 71.1 Å². The van der Waals surface area contributed by atoms with Crippen LogP contribution in [0.25, 0.3) is 0 Å². The fourth-order valence-electron chi connectivity index (χ4n) is 2.60. The molecule has 0 spiro atoms. The summed E-state index contributed by atoms with van der Waals surface area (Å²) in [7, 11) is 0. The van der Waals surface area contributed by atoms with Gasteiger partial charge in [-0.15, -0.1) is 0 Å². The third kappa shape index (κ3) is 3.48. The zero-order valence-corrected chi connectivity index (χ0v) is 13.3. The molecule has 0 radical (unpaired) electrons. The summed E-state index contributed by atoms with van der Waals surface area (Å²) in [6.45, 7) is 3.88. The summed E-state index contributed by atoms with van der Waals surface area (Å²) in [4.78, 5) is 26.0. The third-order valence-corrected chi connectivity index (χ3v) is 3.78. The number of benzene rings is 1. The van der Waals surface area contributed by atoms with Crippen LogP contribution in [-0.4, -0.2) is 44.8 Å². The normalized spacial score (nSPS) is 19.6. The van der Waals surface area contributed by atoms with Gasteiger partial charge in [-0.3, -0.25) is 9.69 Å². The molecule has 24 heavy (non-hydrogen) atoms. The van der Waals surface area contributed by atoms with Gasteiger partial charge in [-0.1, -0.05) is 0 Å². The highest BCUT2D eigenvalue weighted by Gasteiger charge is 2.29. The van der Waals surface area contributed by atoms with Crippen molar-refractivity contribution in [3.05, 3.63) is 36.0 Å². The first-order valence-electron chi connectivity index (χ1n) is 7.62. The molecule has 1 aromatic rings. The maximum absolute atomic E-state index is 14.4. The minimum atomic E-state index is -0.606. The quantitative estimate of drug-likeness (QED) is 0.908. The van der Waals surface area contributed by atoms with Gasteiger partial charge in [-0.2, -0.15) is 0 Å². The number of rotatable bonds is 3. The molecule has 0 aromatic heterocycles. The van der Waals surface area contributed by atoms with Crippen molar-refractivity contribution < 1.29 is 23.5 Å². The van der Waals surface area contributed by atoms with Crippen molar-refractivity contribution in [1.82, 2.24) is 5.32 Å². The summed E-state index contributed by atoms with van der Waals surface area (Å²) < 4.78 is 24.7. The Balaban J connectivity index is 1.75. The number of carbonyl (C=O) groups is 2. The number of hydrogen-bond acceptors (Lipinski definition) is 5. The molecule has 2 saturated heterocycles. The molecule has 7 nitrogen and oxygen atoms in total. The van der Waals surface area contributed by atoms with E-state index in [1.165, 1.54) is 24.1 Å². The minimum absolute atomic E-state index is 0.134. The van der Waals surface area contributed by atoms with E-state index in [2.05, 4.69) is 5.32 Å². The Bertz CT molecular complexity index is 686. The molecular formula is C16H18FN3O4. The summed E-state index contributed by atoms with van der Waals surface area (Å²) in [5.41, 5.74) is 0.893. The van der Waals surface area contributed by atoms with Gasteiger partial charge in [0.05, 0.1) is 31.1 Å². The lowest BCUT2D eigenvalue weighted by atomic mass is 10.2. The maximum Gasteiger partial charge on any atom is 0.419 e. The third-order valence-electron chi connectivity index (χ3n) is 3.78. The largest absolute Gasteiger partial charge is 0.419 e. The second-order valence-corrected chi connectivity index (χ2v) is 5.50. The Morgan fingerprint density at radius 1 is 1.33 bits per heavy atom. The second-order valence-electron chi connectivity index (χ2n) is 5.50. The monoisotopic (exact) mass is 335 g/mol. The molecule has 2 aliphatic heterocycles. The molecule has 0 atom stereocenters. The van der Waals surface area contributed by atoms with Gasteiger partial charge >= 0.3 is 6.09 Å². The number of ether oxygens (including phenoxy) is 2. The van der Waals surface area contributed by atoms with Crippen LogP contribution in [0.2, 0.25) is 0 Å². The first-order chi connectivity index (χ1) is 11.5. The maximum atomic E-state index is 14.4. The summed E-state index contributed by atoms with van der Waals surface area (Å²) in [5, 5.41) is 2.45. The van der Waals surface area contributed by atoms with Gasteiger partial charge in [-0.05, 0) is 18.2 Å². The number of anilines is 2. The number of carbonyl (C=O) groups excluding carboxylic acids is 2. The molecule has 3 rings (SSSR count). The SMILES string of the molecule is CC(=O)N/C=C1/CN(c2ccc(N3CCOCC3)c(F)c2)C(=O)O1. The number of morpholine rings is 1. The molecule has 2 fully saturated rings. The molecule has 0 bridgehead atoms. The lowest BCUT2D eigenvalue weighted by Crippen LogP contribution is -2.36. The summed E-state index contributed by atoms with van der Waals surface area (Å²) in [6, 6.07) is 4.64. The van der Waals surface area contributed by atoms with Crippen LogP contribution >= 0.6 is 0 Å². The van der Waals surface area contributed by atoms with Crippen LogP contribution in [0.5, 0.6) is 0 Å². The predicted octanol–water partition coefficient (Wildman–Crippen LogP) is 1.60. The van der Waals surface area contributed by atoms with E-state index < -0.39 is 11.9 Å². The zero-order chi connectivity index (χ0) is 17.1. The van der Waals surface area contributed by atoms with Crippen LogP contribution in [0.15, 0.2) is 30.2 Å². The number of hydrogen-bond donors (Lipinski definition) is 1. The van der Waals surface area contributed by atoms with E-state index >= 15 is 0 Å². The molecule has 2 amide bonds. The Labute approximate surface area is 138 Å². The van der Waals surface area contributed by atoms with Crippen molar-refractivity contribution >= 4 is 23.4 Å². The Hall–Kier alpha value is -2.61. The molecule has 1 aromatic carbocycles. The van der Waals surface area contributed by atoms with Crippen LogP contribution < -0.4 is 15.1 Å². The Morgan fingerprint density at radius 2 is 2.08 bits per heavy atom. The van der Waals surface area contributed by atoms with Crippen LogP contribution in [0.3, 0.4) is 0 Å². The van der Waals surface area contributed by atoms with Crippen molar-refractivity contribution in [3.63, 3.8) is 0 Å². The Morgan fingerprint density at radius 3 is 2.75 bits per heavy atom. The van der Waals surface area contributed by atoms with Gasteiger partial charge in [0, 0.05) is 26.2 Å². The number of nitrogens with one attached hydrogen (secondary N) is 1. The van der Waals surface area contributed by atoms with Crippen LogP contribution in [0, 0.1) is 5.82 Å². The van der Waals surface area contributed by atoms with Crippen LogP contribution in [0.1, 0.15) is 6.92 Å². The number of halogens is 1. The van der Waals surface area contributed by atoms with E-state index in [4.69, 9.17) is 9.47 Å². The molecule has 1 N–H and O–H groups in total. The lowest BCUT2D eigenvalue weighted by molar-refractivity contribution is -0.118. The number of amides is 2. The first-order valence-corrected chi connectivity index (χ1v) is 7.62. The van der Waals surface area contributed by atoms with Gasteiger partial charge < -0.3 is 19.7 Å². The average molecular weight is 335 g/mol. The molecular weight excluding hydrogens is 317 g/mol. The van der Waals surface area contributed by atoms with Gasteiger partial charge in [0.15, 0.2) is 0 Å². The van der Waals surface area contributed by atoms with E-state index in [1.54, 1.807) is 12.1 Å². The predicted molar refractivity (Wildman–Crippen MR) is 85.2 cm³/mol. The number of nitrogens with zero attached hydrogens (tertiary/aromatic N) is 2. The molecule has 128 valence electrons. The summed E-state index contributed by atoms with van der Waals surface area (Å²) in [6.07, 6.45) is 0.726. The van der Waals surface area contributed by atoms with E-state index in [-0.39, 0.29) is 12.5 Å². The second kappa shape index (κ2) is 6.88. The lowest BCUT2D eigenvalue weighted by Gasteiger charge is -2.29.